The lowest BCUT2D eigenvalue weighted by atomic mass is 10.1. The van der Waals surface area contributed by atoms with E-state index in [0.717, 1.165) is 0 Å². The number of rotatable bonds is 3. The second-order valence-electron chi connectivity index (χ2n) is 4.15. The fourth-order valence-corrected chi connectivity index (χ4v) is 3.52. The third-order valence-corrected chi connectivity index (χ3v) is 5.02. The fraction of sp³-hybridized carbons (Fsp3) is 0.417. The predicted octanol–water partition coefficient (Wildman–Crippen LogP) is 2.21. The molecule has 0 saturated carbocycles. The summed E-state index contributed by atoms with van der Waals surface area (Å²) in [7, 11) is -0.457. The topological polar surface area (TPSA) is 26.3 Å². The van der Waals surface area contributed by atoms with Gasteiger partial charge >= 0.3 is 0 Å². The average molecular weight is 313 g/mol. The Morgan fingerprint density at radius 1 is 0.900 bits per heavy atom. The third-order valence-electron chi connectivity index (χ3n) is 2.86. The van der Waals surface area contributed by atoms with Gasteiger partial charge in [0.05, 0.1) is 13.2 Å². The van der Waals surface area contributed by atoms with Crippen LogP contribution in [0.15, 0.2) is 0 Å². The van der Waals surface area contributed by atoms with E-state index in [1.54, 1.807) is 0 Å². The van der Waals surface area contributed by atoms with Crippen molar-refractivity contribution in [2.45, 2.75) is 0 Å². The van der Waals surface area contributed by atoms with E-state index >= 15 is 0 Å². The monoisotopic (exact) mass is 313 g/mol. The first-order valence-electron chi connectivity index (χ1n) is 5.70. The lowest BCUT2D eigenvalue weighted by Crippen LogP contribution is -2.32. The Morgan fingerprint density at radius 2 is 1.35 bits per heavy atom. The minimum atomic E-state index is -2.26. The molecular weight excluding hydrogens is 303 g/mol. The molecule has 1 aliphatic rings. The van der Waals surface area contributed by atoms with Crippen LogP contribution in [0, 0.1) is 29.1 Å². The normalized spacial score (nSPS) is 16.4. The molecule has 0 spiro atoms. The van der Waals surface area contributed by atoms with E-state index in [1.807, 2.05) is 0 Å². The molecule has 0 atom stereocenters. The molecule has 2 nitrogen and oxygen atoms in total. The smallest absolute Gasteiger partial charge is 0.217 e. The number of carbonyl (C=O) groups excluding carboxylic acids is 1. The third kappa shape index (κ3) is 2.80. The van der Waals surface area contributed by atoms with Crippen LogP contribution < -0.4 is 0 Å². The van der Waals surface area contributed by atoms with Gasteiger partial charge in [0.1, 0.15) is 17.1 Å². The van der Waals surface area contributed by atoms with E-state index in [2.05, 4.69) is 0 Å². The van der Waals surface area contributed by atoms with Crippen molar-refractivity contribution in [3.63, 3.8) is 0 Å². The summed E-state index contributed by atoms with van der Waals surface area (Å²) in [5.74, 6) is -10.8. The standard InChI is InChI=1S/C12H10F5O2S/c13-8-7(9(14)11(16)12(17)10(8)15)6(18)5-20-3-1-19-2-4-20/h1-5H2/q+1. The summed E-state index contributed by atoms with van der Waals surface area (Å²) >= 11 is 0. The molecular formula is C12H10F5O2S+. The average Bonchev–Trinajstić information content (AvgIpc) is 2.44. The molecule has 1 aromatic rings. The summed E-state index contributed by atoms with van der Waals surface area (Å²) in [5, 5.41) is 0. The summed E-state index contributed by atoms with van der Waals surface area (Å²) < 4.78 is 70.8. The molecule has 1 saturated heterocycles. The van der Waals surface area contributed by atoms with Gasteiger partial charge in [-0.15, -0.1) is 0 Å². The maximum Gasteiger partial charge on any atom is 0.217 e. The maximum absolute atomic E-state index is 13.4. The van der Waals surface area contributed by atoms with Crippen LogP contribution >= 0.6 is 0 Å². The van der Waals surface area contributed by atoms with E-state index in [9.17, 15) is 26.7 Å². The van der Waals surface area contributed by atoms with Crippen LogP contribution in [0.5, 0.6) is 0 Å². The molecule has 8 heteroatoms. The number of hydrogen-bond donors (Lipinski definition) is 0. The number of hydrogen-bond acceptors (Lipinski definition) is 2. The first-order valence-corrected chi connectivity index (χ1v) is 7.43. The van der Waals surface area contributed by atoms with Gasteiger partial charge in [-0.25, -0.2) is 22.0 Å². The van der Waals surface area contributed by atoms with Crippen molar-refractivity contribution in [2.24, 2.45) is 0 Å². The van der Waals surface area contributed by atoms with Crippen molar-refractivity contribution < 1.29 is 31.5 Å². The Morgan fingerprint density at radius 3 is 1.85 bits per heavy atom. The summed E-state index contributed by atoms with van der Waals surface area (Å²) in [4.78, 5) is 11.8. The van der Waals surface area contributed by atoms with E-state index in [4.69, 9.17) is 4.74 Å². The Balaban J connectivity index is 2.30. The van der Waals surface area contributed by atoms with Crippen LogP contribution in [0.4, 0.5) is 22.0 Å². The zero-order chi connectivity index (χ0) is 14.9. The predicted molar refractivity (Wildman–Crippen MR) is 63.3 cm³/mol. The van der Waals surface area contributed by atoms with E-state index < -0.39 is 51.3 Å². The minimum absolute atomic E-state index is 0.234. The SMILES string of the molecule is O=C(C[S+]1CCOCC1)c1c(F)c(F)c(F)c(F)c1F. The first kappa shape index (κ1) is 15.2. The van der Waals surface area contributed by atoms with Crippen LogP contribution in [0.25, 0.3) is 0 Å². The Kier molecular flexibility index (Phi) is 4.64. The lowest BCUT2D eigenvalue weighted by Gasteiger charge is -2.14. The van der Waals surface area contributed by atoms with Gasteiger partial charge in [-0.3, -0.25) is 4.79 Å². The molecule has 0 N–H and O–H groups in total. The zero-order valence-electron chi connectivity index (χ0n) is 10.2. The van der Waals surface area contributed by atoms with E-state index in [-0.39, 0.29) is 5.75 Å². The summed E-state index contributed by atoms with van der Waals surface area (Å²) in [5.41, 5.74) is -1.35. The summed E-state index contributed by atoms with van der Waals surface area (Å²) in [6, 6.07) is 0. The zero-order valence-corrected chi connectivity index (χ0v) is 11.0. The highest BCUT2D eigenvalue weighted by Gasteiger charge is 2.34. The van der Waals surface area contributed by atoms with Crippen LogP contribution in [0.3, 0.4) is 0 Å². The van der Waals surface area contributed by atoms with Crippen LogP contribution in [-0.4, -0.2) is 36.3 Å². The number of halogens is 5. The van der Waals surface area contributed by atoms with Gasteiger partial charge in [-0.1, -0.05) is 0 Å². The van der Waals surface area contributed by atoms with Crippen LogP contribution in [0.1, 0.15) is 10.4 Å². The van der Waals surface area contributed by atoms with Crippen molar-refractivity contribution in [1.82, 2.24) is 0 Å². The molecule has 0 aromatic heterocycles. The highest BCUT2D eigenvalue weighted by atomic mass is 32.2. The van der Waals surface area contributed by atoms with Crippen LogP contribution in [-0.2, 0) is 15.6 Å². The molecule has 0 radical (unpaired) electrons. The van der Waals surface area contributed by atoms with Crippen molar-refractivity contribution in [3.8, 4) is 0 Å². The van der Waals surface area contributed by atoms with Crippen molar-refractivity contribution in [3.05, 3.63) is 34.6 Å². The molecule has 20 heavy (non-hydrogen) atoms. The first-order chi connectivity index (χ1) is 9.43. The minimum Gasteiger partial charge on any atom is -0.372 e. The van der Waals surface area contributed by atoms with Gasteiger partial charge in [0.25, 0.3) is 0 Å². The van der Waals surface area contributed by atoms with Crippen molar-refractivity contribution in [1.29, 1.82) is 0 Å². The number of ketones is 1. The number of benzene rings is 1. The second-order valence-corrected chi connectivity index (χ2v) is 6.48. The Bertz CT molecular complexity index is 514. The molecule has 0 aliphatic carbocycles. The fourth-order valence-electron chi connectivity index (χ4n) is 1.81. The Hall–Kier alpha value is -1.15. The van der Waals surface area contributed by atoms with Gasteiger partial charge in [-0.05, 0) is 0 Å². The summed E-state index contributed by atoms with van der Waals surface area (Å²) in [6.45, 7) is 0.848. The van der Waals surface area contributed by atoms with Gasteiger partial charge in [0, 0.05) is 10.9 Å². The maximum atomic E-state index is 13.4. The molecule has 110 valence electrons. The van der Waals surface area contributed by atoms with E-state index in [0.29, 0.717) is 24.7 Å². The number of Topliss-reactive ketones (excluding diaryl/α,β-unsaturated/α-hetero) is 1. The van der Waals surface area contributed by atoms with Crippen molar-refractivity contribution in [2.75, 3.05) is 30.5 Å². The second kappa shape index (κ2) is 6.09. The quantitative estimate of drug-likeness (QED) is 0.281. The van der Waals surface area contributed by atoms with Gasteiger partial charge < -0.3 is 4.74 Å². The highest BCUT2D eigenvalue weighted by Crippen LogP contribution is 2.24. The molecule has 1 fully saturated rings. The lowest BCUT2D eigenvalue weighted by molar-refractivity contribution is 0.101. The van der Waals surface area contributed by atoms with Crippen molar-refractivity contribution >= 4 is 16.7 Å². The van der Waals surface area contributed by atoms with E-state index in [1.165, 1.54) is 0 Å². The van der Waals surface area contributed by atoms with Gasteiger partial charge in [0.15, 0.2) is 29.0 Å². The largest absolute Gasteiger partial charge is 0.372 e. The molecule has 2 rings (SSSR count). The summed E-state index contributed by atoms with van der Waals surface area (Å²) in [6.07, 6.45) is 0. The van der Waals surface area contributed by atoms with Crippen LogP contribution in [0.2, 0.25) is 0 Å². The van der Waals surface area contributed by atoms with Gasteiger partial charge in [0.2, 0.25) is 11.6 Å². The molecule has 1 aromatic carbocycles. The molecule has 0 bridgehead atoms. The number of ether oxygens (including phenoxy) is 1. The highest BCUT2D eigenvalue weighted by molar-refractivity contribution is 7.97. The Labute approximate surface area is 114 Å². The molecule has 1 heterocycles. The molecule has 1 aliphatic heterocycles. The number of carbonyl (C=O) groups is 1. The molecule has 0 amide bonds. The molecule has 0 unspecified atom stereocenters. The van der Waals surface area contributed by atoms with Gasteiger partial charge in [-0.2, -0.15) is 0 Å².